The van der Waals surface area contributed by atoms with Crippen molar-refractivity contribution in [1.29, 1.82) is 0 Å². The van der Waals surface area contributed by atoms with E-state index in [9.17, 15) is 0 Å². The predicted molar refractivity (Wildman–Crippen MR) is 72.5 cm³/mol. The van der Waals surface area contributed by atoms with Crippen LogP contribution in [0, 0.1) is 0 Å². The van der Waals surface area contributed by atoms with Crippen LogP contribution in [0.1, 0.15) is 38.9 Å². The molecule has 0 aliphatic carbocycles. The monoisotopic (exact) mass is 247 g/mol. The minimum Gasteiger partial charge on any atom is -0.377 e. The summed E-state index contributed by atoms with van der Waals surface area (Å²) in [7, 11) is 0. The molecule has 2 aromatic heterocycles. The van der Waals surface area contributed by atoms with Gasteiger partial charge in [-0.3, -0.25) is 9.36 Å². The molecule has 0 unspecified atom stereocenters. The van der Waals surface area contributed by atoms with Crippen LogP contribution >= 0.6 is 0 Å². The Bertz CT molecular complexity index is 485. The summed E-state index contributed by atoms with van der Waals surface area (Å²) in [5.41, 5.74) is 2.25. The highest BCUT2D eigenvalue weighted by molar-refractivity contribution is 5.38. The molecule has 5 nitrogen and oxygen atoms in total. The smallest absolute Gasteiger partial charge is 0.0729 e. The summed E-state index contributed by atoms with van der Waals surface area (Å²) in [4.78, 5) is 0. The number of nitrogens with zero attached hydrogens (tertiary/aromatic N) is 4. The maximum atomic E-state index is 4.38. The molecular weight excluding hydrogens is 226 g/mol. The van der Waals surface area contributed by atoms with Gasteiger partial charge in [-0.05, 0) is 26.3 Å². The van der Waals surface area contributed by atoms with Gasteiger partial charge < -0.3 is 5.32 Å². The van der Waals surface area contributed by atoms with Crippen molar-refractivity contribution >= 4 is 5.69 Å². The molecule has 2 aromatic rings. The number of rotatable bonds is 6. The Kier molecular flexibility index (Phi) is 4.02. The molecule has 0 radical (unpaired) electrons. The van der Waals surface area contributed by atoms with E-state index in [4.69, 9.17) is 0 Å². The largest absolute Gasteiger partial charge is 0.377 e. The van der Waals surface area contributed by atoms with Crippen LogP contribution in [0.4, 0.5) is 5.69 Å². The minimum atomic E-state index is 0.440. The Morgan fingerprint density at radius 2 is 2.17 bits per heavy atom. The van der Waals surface area contributed by atoms with Gasteiger partial charge in [0.25, 0.3) is 0 Å². The number of nitrogens with one attached hydrogen (secondary N) is 1. The van der Waals surface area contributed by atoms with Crippen LogP contribution in [0.15, 0.2) is 24.7 Å². The van der Waals surface area contributed by atoms with E-state index in [1.54, 1.807) is 0 Å². The molecule has 98 valence electrons. The van der Waals surface area contributed by atoms with Crippen LogP contribution in [0.2, 0.25) is 0 Å². The highest BCUT2D eigenvalue weighted by Gasteiger charge is 2.08. The second-order valence-corrected chi connectivity index (χ2v) is 4.46. The van der Waals surface area contributed by atoms with E-state index in [1.165, 1.54) is 5.69 Å². The molecule has 1 atom stereocenters. The van der Waals surface area contributed by atoms with Gasteiger partial charge in [0.1, 0.15) is 0 Å². The lowest BCUT2D eigenvalue weighted by Gasteiger charge is -2.14. The van der Waals surface area contributed by atoms with Gasteiger partial charge in [-0.15, -0.1) is 0 Å². The summed E-state index contributed by atoms with van der Waals surface area (Å²) in [5.74, 6) is 0. The fourth-order valence-corrected chi connectivity index (χ4v) is 1.87. The first kappa shape index (κ1) is 12.7. The highest BCUT2D eigenvalue weighted by Crippen LogP contribution is 2.14. The summed E-state index contributed by atoms with van der Waals surface area (Å²) < 4.78 is 3.99. The van der Waals surface area contributed by atoms with E-state index in [1.807, 2.05) is 23.3 Å². The third kappa shape index (κ3) is 2.72. The molecule has 0 aliphatic rings. The molecule has 0 spiro atoms. The first-order valence-electron chi connectivity index (χ1n) is 6.53. The van der Waals surface area contributed by atoms with Crippen LogP contribution < -0.4 is 5.32 Å². The van der Waals surface area contributed by atoms with E-state index in [2.05, 4.69) is 47.0 Å². The first-order chi connectivity index (χ1) is 8.74. The third-order valence-corrected chi connectivity index (χ3v) is 3.19. The summed E-state index contributed by atoms with van der Waals surface area (Å²) in [6.45, 7) is 8.11. The van der Waals surface area contributed by atoms with Gasteiger partial charge in [-0.2, -0.15) is 10.2 Å². The Morgan fingerprint density at radius 3 is 2.83 bits per heavy atom. The number of anilines is 1. The Labute approximate surface area is 108 Å². The quantitative estimate of drug-likeness (QED) is 0.853. The second-order valence-electron chi connectivity index (χ2n) is 4.46. The maximum absolute atomic E-state index is 4.38. The molecule has 0 saturated carbocycles. The predicted octanol–water partition coefficient (Wildman–Crippen LogP) is 2.68. The maximum Gasteiger partial charge on any atom is 0.0729 e. The van der Waals surface area contributed by atoms with E-state index >= 15 is 0 Å². The van der Waals surface area contributed by atoms with Gasteiger partial charge in [0.2, 0.25) is 0 Å². The van der Waals surface area contributed by atoms with E-state index in [0.717, 1.165) is 25.2 Å². The van der Waals surface area contributed by atoms with Crippen LogP contribution in [0.3, 0.4) is 0 Å². The lowest BCUT2D eigenvalue weighted by Crippen LogP contribution is -2.12. The average molecular weight is 247 g/mol. The van der Waals surface area contributed by atoms with E-state index in [0.29, 0.717) is 6.04 Å². The van der Waals surface area contributed by atoms with Crippen molar-refractivity contribution in [3.8, 4) is 0 Å². The third-order valence-electron chi connectivity index (χ3n) is 3.19. The van der Waals surface area contributed by atoms with Crippen LogP contribution in [-0.2, 0) is 13.1 Å². The number of hydrogen-bond donors (Lipinski definition) is 1. The lowest BCUT2D eigenvalue weighted by atomic mass is 10.2. The molecule has 18 heavy (non-hydrogen) atoms. The number of aromatic nitrogens is 4. The fraction of sp³-hybridized carbons (Fsp3) is 0.538. The van der Waals surface area contributed by atoms with Crippen molar-refractivity contribution in [2.24, 2.45) is 0 Å². The number of aryl methyl sites for hydroxylation is 1. The van der Waals surface area contributed by atoms with Gasteiger partial charge in [-0.1, -0.05) is 6.92 Å². The minimum absolute atomic E-state index is 0.440. The first-order valence-corrected chi connectivity index (χ1v) is 6.53. The number of hydrogen-bond acceptors (Lipinski definition) is 3. The SMILES string of the molecule is CC[C@H](C)n1nccc1CNc1cnn(CC)c1. The lowest BCUT2D eigenvalue weighted by molar-refractivity contribution is 0.462. The fourth-order valence-electron chi connectivity index (χ4n) is 1.87. The second kappa shape index (κ2) is 5.71. The average Bonchev–Trinajstić information content (AvgIpc) is 3.03. The molecule has 5 heteroatoms. The molecule has 0 aromatic carbocycles. The zero-order chi connectivity index (χ0) is 13.0. The Morgan fingerprint density at radius 1 is 1.33 bits per heavy atom. The normalized spacial score (nSPS) is 12.6. The van der Waals surface area contributed by atoms with Gasteiger partial charge in [-0.25, -0.2) is 0 Å². The van der Waals surface area contributed by atoms with Crippen molar-refractivity contribution in [2.75, 3.05) is 5.32 Å². The van der Waals surface area contributed by atoms with Crippen molar-refractivity contribution in [3.63, 3.8) is 0 Å². The van der Waals surface area contributed by atoms with Crippen molar-refractivity contribution in [3.05, 3.63) is 30.4 Å². The summed E-state index contributed by atoms with van der Waals surface area (Å²) in [6, 6.07) is 2.50. The standard InChI is InChI=1S/C13H21N5/c1-4-11(3)18-13(6-7-15-18)9-14-12-8-16-17(5-2)10-12/h6-8,10-11,14H,4-5,9H2,1-3H3/t11-/m0/s1. The Balaban J connectivity index is 1.99. The summed E-state index contributed by atoms with van der Waals surface area (Å²) in [6.07, 6.45) is 6.82. The molecule has 2 heterocycles. The molecule has 0 bridgehead atoms. The summed E-state index contributed by atoms with van der Waals surface area (Å²) >= 11 is 0. The molecule has 0 aliphatic heterocycles. The topological polar surface area (TPSA) is 47.7 Å². The molecule has 0 fully saturated rings. The van der Waals surface area contributed by atoms with Crippen molar-refractivity contribution in [2.45, 2.75) is 46.3 Å². The van der Waals surface area contributed by atoms with Crippen LogP contribution in [-0.4, -0.2) is 19.6 Å². The Hall–Kier alpha value is -1.78. The molecule has 0 saturated heterocycles. The van der Waals surface area contributed by atoms with Crippen LogP contribution in [0.25, 0.3) is 0 Å². The van der Waals surface area contributed by atoms with Gasteiger partial charge in [0.05, 0.1) is 24.1 Å². The van der Waals surface area contributed by atoms with E-state index < -0.39 is 0 Å². The highest BCUT2D eigenvalue weighted by atomic mass is 15.3. The van der Waals surface area contributed by atoms with Crippen LogP contribution in [0.5, 0.6) is 0 Å². The zero-order valence-corrected chi connectivity index (χ0v) is 11.3. The molecule has 1 N–H and O–H groups in total. The molecular formula is C13H21N5. The zero-order valence-electron chi connectivity index (χ0n) is 11.3. The van der Waals surface area contributed by atoms with Crippen molar-refractivity contribution < 1.29 is 0 Å². The van der Waals surface area contributed by atoms with Gasteiger partial charge >= 0.3 is 0 Å². The summed E-state index contributed by atoms with van der Waals surface area (Å²) in [5, 5.41) is 12.0. The van der Waals surface area contributed by atoms with E-state index in [-0.39, 0.29) is 0 Å². The van der Waals surface area contributed by atoms with Crippen molar-refractivity contribution in [1.82, 2.24) is 19.6 Å². The molecule has 0 amide bonds. The van der Waals surface area contributed by atoms with Gasteiger partial charge in [0, 0.05) is 25.0 Å². The molecule has 2 rings (SSSR count). The van der Waals surface area contributed by atoms with Gasteiger partial charge in [0.15, 0.2) is 0 Å².